The van der Waals surface area contributed by atoms with Crippen molar-refractivity contribution in [3.05, 3.63) is 59.2 Å². The number of carbonyl (C=O) groups is 3. The molecule has 234 valence electrons. The second kappa shape index (κ2) is 15.8. The lowest BCUT2D eigenvalue weighted by Gasteiger charge is -2.40. The fourth-order valence-electron chi connectivity index (χ4n) is 6.65. The number of amides is 2. The summed E-state index contributed by atoms with van der Waals surface area (Å²) in [7, 11) is 2.06. The highest BCUT2D eigenvalue weighted by atomic mass is 32.2. The molecule has 2 N–H and O–H groups in total. The van der Waals surface area contributed by atoms with E-state index in [-0.39, 0.29) is 22.7 Å². The first-order valence-corrected chi connectivity index (χ1v) is 17.4. The number of nitrogens with one attached hydrogen (secondary N) is 1. The minimum absolute atomic E-state index is 0.0262. The van der Waals surface area contributed by atoms with Crippen LogP contribution in [0.2, 0.25) is 0 Å². The van der Waals surface area contributed by atoms with Crippen molar-refractivity contribution in [2.45, 2.75) is 102 Å². The number of aliphatic carboxylic acids is 1. The number of thioether (sulfide) groups is 1. The SMILES string of the molecule is CSCC[C@H](NC(=O)c1ccc(CC[N+](C)(C(=O)OC2CCCCC2)C2CCCCC2)cc1-c1ccccc1C)C(=O)O. The molecule has 2 aliphatic carbocycles. The molecule has 2 saturated carbocycles. The molecule has 2 aromatic carbocycles. The van der Waals surface area contributed by atoms with E-state index >= 15 is 0 Å². The Labute approximate surface area is 261 Å². The number of rotatable bonds is 12. The van der Waals surface area contributed by atoms with Crippen molar-refractivity contribution in [2.24, 2.45) is 0 Å². The van der Waals surface area contributed by atoms with Crippen molar-refractivity contribution in [1.82, 2.24) is 5.32 Å². The second-order valence-corrected chi connectivity index (χ2v) is 13.5. The van der Waals surface area contributed by atoms with E-state index in [4.69, 9.17) is 4.74 Å². The monoisotopic (exact) mass is 609 g/mol. The standard InChI is InChI=1S/C35H48N2O5S/c1-25-12-10-11-17-29(25)31-24-26(18-19-30(31)33(38)36-32(34(39)40)21-23-43-3)20-22-37(2,27-13-6-4-7-14-27)35(41)42-28-15-8-5-9-16-28/h10-12,17-19,24,27-28,32H,4-9,13-16,20-23H2,1-3H3,(H-,36,38,39,40)/p+1/t32-,37?/m0/s1. The number of carboxylic acids is 1. The molecule has 7 nitrogen and oxygen atoms in total. The van der Waals surface area contributed by atoms with Crippen molar-refractivity contribution in [2.75, 3.05) is 25.6 Å². The summed E-state index contributed by atoms with van der Waals surface area (Å²) in [6, 6.07) is 13.0. The minimum atomic E-state index is -1.03. The number of carbonyl (C=O) groups excluding carboxylic acids is 2. The van der Waals surface area contributed by atoms with Crippen LogP contribution in [0.3, 0.4) is 0 Å². The quantitative estimate of drug-likeness (QED) is 0.244. The number of nitrogens with zero attached hydrogens (tertiary/aromatic N) is 1. The van der Waals surface area contributed by atoms with Crippen LogP contribution in [0.25, 0.3) is 11.1 Å². The maximum Gasteiger partial charge on any atom is 0.516 e. The zero-order chi connectivity index (χ0) is 30.8. The van der Waals surface area contributed by atoms with E-state index in [1.54, 1.807) is 11.8 Å². The molecule has 0 radical (unpaired) electrons. The number of carboxylic acid groups (broad SMARTS) is 1. The first-order chi connectivity index (χ1) is 20.7. The van der Waals surface area contributed by atoms with Gasteiger partial charge in [-0.25, -0.2) is 9.28 Å². The van der Waals surface area contributed by atoms with Crippen LogP contribution in [0.1, 0.15) is 92.1 Å². The Morgan fingerprint density at radius 3 is 2.30 bits per heavy atom. The van der Waals surface area contributed by atoms with Crippen LogP contribution >= 0.6 is 11.8 Å². The number of hydrogen-bond acceptors (Lipinski definition) is 5. The van der Waals surface area contributed by atoms with E-state index in [2.05, 4.69) is 12.4 Å². The van der Waals surface area contributed by atoms with Crippen molar-refractivity contribution in [3.8, 4) is 11.1 Å². The molecule has 2 atom stereocenters. The summed E-state index contributed by atoms with van der Waals surface area (Å²) in [4.78, 5) is 39.2. The Balaban J connectivity index is 1.60. The van der Waals surface area contributed by atoms with Gasteiger partial charge >= 0.3 is 12.1 Å². The number of hydrogen-bond donors (Lipinski definition) is 2. The highest BCUT2D eigenvalue weighted by Crippen LogP contribution is 2.32. The Bertz CT molecular complexity index is 1250. The van der Waals surface area contributed by atoms with Gasteiger partial charge in [0.25, 0.3) is 5.91 Å². The average molecular weight is 610 g/mol. The van der Waals surface area contributed by atoms with Gasteiger partial charge in [0.1, 0.15) is 12.1 Å². The summed E-state index contributed by atoms with van der Waals surface area (Å²) in [6.07, 6.45) is 13.8. The van der Waals surface area contributed by atoms with Gasteiger partial charge in [-0.2, -0.15) is 16.6 Å². The number of ether oxygens (including phenoxy) is 1. The third-order valence-corrected chi connectivity index (χ3v) is 10.1. The van der Waals surface area contributed by atoms with Crippen LogP contribution in [0.15, 0.2) is 42.5 Å². The van der Waals surface area contributed by atoms with Crippen LogP contribution in [-0.2, 0) is 16.0 Å². The normalized spacial score (nSPS) is 18.4. The van der Waals surface area contributed by atoms with E-state index in [9.17, 15) is 19.5 Å². The Morgan fingerprint density at radius 1 is 0.977 bits per heavy atom. The Morgan fingerprint density at radius 2 is 1.65 bits per heavy atom. The molecule has 2 amide bonds. The van der Waals surface area contributed by atoms with E-state index in [1.165, 1.54) is 12.8 Å². The lowest BCUT2D eigenvalue weighted by molar-refractivity contribution is -0.865. The van der Waals surface area contributed by atoms with Gasteiger partial charge in [-0.15, -0.1) is 0 Å². The largest absolute Gasteiger partial charge is 0.516 e. The molecular weight excluding hydrogens is 560 g/mol. The minimum Gasteiger partial charge on any atom is -0.480 e. The van der Waals surface area contributed by atoms with Gasteiger partial charge in [-0.05, 0) is 92.2 Å². The van der Waals surface area contributed by atoms with Crippen LogP contribution < -0.4 is 5.32 Å². The molecular formula is C35H49N2O5S+. The van der Waals surface area contributed by atoms with Crippen LogP contribution in [-0.4, -0.2) is 71.3 Å². The highest BCUT2D eigenvalue weighted by molar-refractivity contribution is 7.98. The fraction of sp³-hybridized carbons (Fsp3) is 0.571. The Kier molecular flexibility index (Phi) is 12.1. The number of aryl methyl sites for hydroxylation is 1. The van der Waals surface area contributed by atoms with Crippen LogP contribution in [0.5, 0.6) is 0 Å². The summed E-state index contributed by atoms with van der Waals surface area (Å²) < 4.78 is 6.46. The molecule has 8 heteroatoms. The number of quaternary nitrogens is 1. The van der Waals surface area contributed by atoms with Gasteiger partial charge in [-0.3, -0.25) is 4.79 Å². The predicted molar refractivity (Wildman–Crippen MR) is 173 cm³/mol. The zero-order valence-electron chi connectivity index (χ0n) is 26.1. The van der Waals surface area contributed by atoms with Gasteiger partial charge in [0.15, 0.2) is 0 Å². The van der Waals surface area contributed by atoms with Crippen LogP contribution in [0.4, 0.5) is 4.79 Å². The van der Waals surface area contributed by atoms with Gasteiger partial charge in [0.05, 0.1) is 19.6 Å². The smallest absolute Gasteiger partial charge is 0.480 e. The molecule has 43 heavy (non-hydrogen) atoms. The van der Waals surface area contributed by atoms with Crippen molar-refractivity contribution < 1.29 is 28.7 Å². The van der Waals surface area contributed by atoms with Crippen molar-refractivity contribution in [1.29, 1.82) is 0 Å². The van der Waals surface area contributed by atoms with Crippen molar-refractivity contribution >= 4 is 29.7 Å². The fourth-order valence-corrected chi connectivity index (χ4v) is 7.12. The highest BCUT2D eigenvalue weighted by Gasteiger charge is 2.43. The molecule has 4 rings (SSSR count). The molecule has 0 spiro atoms. The molecule has 2 fully saturated rings. The number of likely N-dealkylation sites (N-methyl/N-ethyl adjacent to an activating group) is 1. The first-order valence-electron chi connectivity index (χ1n) is 16.0. The van der Waals surface area contributed by atoms with Gasteiger partial charge in [0, 0.05) is 24.8 Å². The molecule has 2 aliphatic rings. The first kappa shape index (κ1) is 33.1. The third-order valence-electron chi connectivity index (χ3n) is 9.46. The zero-order valence-corrected chi connectivity index (χ0v) is 26.9. The maximum absolute atomic E-state index is 13.8. The maximum atomic E-state index is 13.8. The summed E-state index contributed by atoms with van der Waals surface area (Å²) in [5, 5.41) is 12.5. The van der Waals surface area contributed by atoms with E-state index in [1.807, 2.05) is 55.6 Å². The van der Waals surface area contributed by atoms with Gasteiger partial charge in [0.2, 0.25) is 0 Å². The summed E-state index contributed by atoms with van der Waals surface area (Å²) >= 11 is 1.55. The predicted octanol–water partition coefficient (Wildman–Crippen LogP) is 7.39. The van der Waals surface area contributed by atoms with Crippen molar-refractivity contribution in [3.63, 3.8) is 0 Å². The topological polar surface area (TPSA) is 92.7 Å². The van der Waals surface area contributed by atoms with Gasteiger partial charge in [-0.1, -0.05) is 49.2 Å². The molecule has 0 bridgehead atoms. The molecule has 2 aromatic rings. The van der Waals surface area contributed by atoms with E-state index in [0.29, 0.717) is 30.7 Å². The van der Waals surface area contributed by atoms with E-state index in [0.717, 1.165) is 73.6 Å². The molecule has 0 heterocycles. The lowest BCUT2D eigenvalue weighted by Crippen LogP contribution is -2.58. The third kappa shape index (κ3) is 8.63. The summed E-state index contributed by atoms with van der Waals surface area (Å²) in [5.41, 5.74) is 4.24. The number of benzene rings is 2. The second-order valence-electron chi connectivity index (χ2n) is 12.5. The summed E-state index contributed by atoms with van der Waals surface area (Å²) in [6.45, 7) is 2.64. The molecule has 0 saturated heterocycles. The molecule has 1 unspecified atom stereocenters. The Hall–Kier alpha value is -2.84. The summed E-state index contributed by atoms with van der Waals surface area (Å²) in [5.74, 6) is -0.782. The molecule has 0 aliphatic heterocycles. The molecule has 0 aromatic heterocycles. The van der Waals surface area contributed by atoms with Gasteiger partial charge < -0.3 is 15.2 Å². The van der Waals surface area contributed by atoms with E-state index < -0.39 is 17.9 Å². The lowest BCUT2D eigenvalue weighted by atomic mass is 9.91. The van der Waals surface area contributed by atoms with Crippen LogP contribution in [0, 0.1) is 6.92 Å². The average Bonchev–Trinajstić information content (AvgIpc) is 3.02.